The lowest BCUT2D eigenvalue weighted by Gasteiger charge is -2.15. The van der Waals surface area contributed by atoms with Crippen LogP contribution >= 0.6 is 34.2 Å². The van der Waals surface area contributed by atoms with Gasteiger partial charge >= 0.3 is 11.7 Å². The Morgan fingerprint density at radius 1 is 0.971 bits per heavy atom. The van der Waals surface area contributed by atoms with Gasteiger partial charge in [-0.1, -0.05) is 23.7 Å². The van der Waals surface area contributed by atoms with E-state index in [0.29, 0.717) is 11.4 Å². The summed E-state index contributed by atoms with van der Waals surface area (Å²) in [5.41, 5.74) is 0.468. The quantitative estimate of drug-likeness (QED) is 0.109. The normalized spacial score (nSPS) is 13.3. The number of carbonyl (C=O) groups is 3. The molecule has 1 aliphatic heterocycles. The van der Waals surface area contributed by atoms with E-state index in [1.165, 1.54) is 48.5 Å². The molecule has 0 bridgehead atoms. The highest BCUT2D eigenvalue weighted by Crippen LogP contribution is 2.31. The lowest BCUT2D eigenvalue weighted by atomic mass is 10.2. The van der Waals surface area contributed by atoms with Crippen molar-refractivity contribution in [2.24, 2.45) is 0 Å². The summed E-state index contributed by atoms with van der Waals surface area (Å²) in [6.45, 7) is 0. The molecule has 0 saturated heterocycles. The van der Waals surface area contributed by atoms with Crippen LogP contribution in [0.2, 0.25) is 0 Å². The van der Waals surface area contributed by atoms with Gasteiger partial charge in [0.15, 0.2) is 0 Å². The Bertz CT molecular complexity index is 1360. The van der Waals surface area contributed by atoms with Crippen molar-refractivity contribution < 1.29 is 24.0 Å². The van der Waals surface area contributed by atoms with Crippen molar-refractivity contribution >= 4 is 69.0 Å². The summed E-state index contributed by atoms with van der Waals surface area (Å²) < 4.78 is 6.09. The molecule has 3 aromatic carbocycles. The van der Waals surface area contributed by atoms with Crippen LogP contribution < -0.4 is 15.0 Å². The Labute approximate surface area is 211 Å². The number of ether oxygens (including phenoxy) is 1. The number of para-hydroxylation sites is 2. The predicted octanol–water partition coefficient (Wildman–Crippen LogP) is 4.85. The number of nitro groups is 1. The maximum atomic E-state index is 12.9. The van der Waals surface area contributed by atoms with E-state index >= 15 is 0 Å². The van der Waals surface area contributed by atoms with Crippen LogP contribution in [0.5, 0.6) is 5.75 Å². The van der Waals surface area contributed by atoms with Gasteiger partial charge in [0.05, 0.1) is 16.2 Å². The minimum Gasteiger partial charge on any atom is -0.416 e. The maximum absolute atomic E-state index is 12.9. The van der Waals surface area contributed by atoms with Crippen LogP contribution in [0, 0.1) is 13.7 Å². The number of hydrogen-bond acceptors (Lipinski definition) is 7. The summed E-state index contributed by atoms with van der Waals surface area (Å²) in [6.07, 6.45) is 0. The van der Waals surface area contributed by atoms with E-state index < -0.39 is 22.7 Å². The molecule has 0 saturated carbocycles. The smallest absolute Gasteiger partial charge is 0.343 e. The molecule has 1 aliphatic rings. The highest BCUT2D eigenvalue weighted by Gasteiger charge is 2.38. The van der Waals surface area contributed by atoms with Gasteiger partial charge in [-0.25, -0.2) is 9.69 Å². The van der Waals surface area contributed by atoms with Crippen molar-refractivity contribution in [2.45, 2.75) is 0 Å². The number of imide groups is 1. The average Bonchev–Trinajstić information content (AvgIpc) is 3.03. The largest absolute Gasteiger partial charge is 0.416 e. The van der Waals surface area contributed by atoms with E-state index in [4.69, 9.17) is 16.3 Å². The first-order valence-electron chi connectivity index (χ1n) is 9.63. The van der Waals surface area contributed by atoms with Gasteiger partial charge < -0.3 is 10.1 Å². The molecule has 0 fully saturated rings. The Morgan fingerprint density at radius 3 is 2.26 bits per heavy atom. The molecule has 0 aromatic heterocycles. The third-order valence-electron chi connectivity index (χ3n) is 4.77. The summed E-state index contributed by atoms with van der Waals surface area (Å²) in [5.74, 6) is -2.24. The lowest BCUT2D eigenvalue weighted by molar-refractivity contribution is -0.385. The predicted molar refractivity (Wildman–Crippen MR) is 133 cm³/mol. The number of nitrogens with one attached hydrogen (secondary N) is 1. The van der Waals surface area contributed by atoms with Crippen LogP contribution in [-0.4, -0.2) is 22.7 Å². The molecule has 0 aliphatic carbocycles. The monoisotopic (exact) mass is 589 g/mol. The number of halogens is 2. The molecule has 34 heavy (non-hydrogen) atoms. The van der Waals surface area contributed by atoms with Crippen LogP contribution in [0.15, 0.2) is 83.5 Å². The summed E-state index contributed by atoms with van der Waals surface area (Å²) in [6, 6.07) is 18.1. The molecule has 3 aromatic rings. The van der Waals surface area contributed by atoms with Crippen LogP contribution in [0.25, 0.3) is 0 Å². The Hall–Kier alpha value is -3.77. The molecular weight excluding hydrogens is 577 g/mol. The van der Waals surface area contributed by atoms with Crippen molar-refractivity contribution in [3.8, 4) is 5.75 Å². The van der Waals surface area contributed by atoms with Gasteiger partial charge in [-0.15, -0.1) is 0 Å². The molecule has 0 atom stereocenters. The van der Waals surface area contributed by atoms with E-state index in [9.17, 15) is 24.5 Å². The average molecular weight is 590 g/mol. The van der Waals surface area contributed by atoms with E-state index in [-0.39, 0.29) is 27.7 Å². The number of rotatable bonds is 6. The number of esters is 1. The first-order valence-corrected chi connectivity index (χ1v) is 11.1. The summed E-state index contributed by atoms with van der Waals surface area (Å²) in [7, 11) is 0. The van der Waals surface area contributed by atoms with Crippen LogP contribution in [0.4, 0.5) is 17.1 Å². The molecular formula is C23H13ClIN3O6. The van der Waals surface area contributed by atoms with Gasteiger partial charge in [0.25, 0.3) is 11.8 Å². The van der Waals surface area contributed by atoms with Gasteiger partial charge in [0.1, 0.15) is 10.7 Å². The molecule has 0 spiro atoms. The zero-order valence-corrected chi connectivity index (χ0v) is 19.9. The number of carbonyl (C=O) groups excluding carboxylic acids is 3. The van der Waals surface area contributed by atoms with Gasteiger partial charge in [-0.2, -0.15) is 0 Å². The molecule has 0 unspecified atom stereocenters. The summed E-state index contributed by atoms with van der Waals surface area (Å²) in [5, 5.41) is 13.6. The summed E-state index contributed by atoms with van der Waals surface area (Å²) >= 11 is 8.25. The molecule has 2 amide bonds. The molecule has 170 valence electrons. The number of hydrogen-bond donors (Lipinski definition) is 1. The van der Waals surface area contributed by atoms with Gasteiger partial charge in [-0.3, -0.25) is 19.7 Å². The second-order valence-electron chi connectivity index (χ2n) is 6.93. The zero-order chi connectivity index (χ0) is 24.4. The third-order valence-corrected chi connectivity index (χ3v) is 5.84. The van der Waals surface area contributed by atoms with Crippen molar-refractivity contribution in [3.05, 3.63) is 103 Å². The fourth-order valence-electron chi connectivity index (χ4n) is 3.12. The molecule has 11 heteroatoms. The van der Waals surface area contributed by atoms with Crippen molar-refractivity contribution in [2.75, 3.05) is 10.2 Å². The van der Waals surface area contributed by atoms with E-state index in [0.717, 1.165) is 8.47 Å². The first kappa shape index (κ1) is 23.4. The highest BCUT2D eigenvalue weighted by atomic mass is 127. The van der Waals surface area contributed by atoms with Crippen molar-refractivity contribution in [1.82, 2.24) is 0 Å². The number of benzene rings is 3. The fraction of sp³-hybridized carbons (Fsp3) is 0. The topological polar surface area (TPSA) is 119 Å². The molecule has 9 nitrogen and oxygen atoms in total. The third kappa shape index (κ3) is 4.63. The molecule has 1 N–H and O–H groups in total. The number of nitrogens with zero attached hydrogens (tertiary/aromatic N) is 2. The SMILES string of the molecule is O=C(Oc1ccccc1[N+](=O)[O-])c1ccc(NC2=C(Cl)C(=O)N(c3ccc(I)cc3)C2=O)cc1. The molecule has 1 heterocycles. The van der Waals surface area contributed by atoms with Crippen LogP contribution in [-0.2, 0) is 9.59 Å². The second-order valence-corrected chi connectivity index (χ2v) is 8.55. The van der Waals surface area contributed by atoms with Gasteiger partial charge in [-0.05, 0) is 77.2 Å². The van der Waals surface area contributed by atoms with Crippen molar-refractivity contribution in [1.29, 1.82) is 0 Å². The Morgan fingerprint density at radius 2 is 1.62 bits per heavy atom. The van der Waals surface area contributed by atoms with Crippen LogP contribution in [0.3, 0.4) is 0 Å². The van der Waals surface area contributed by atoms with E-state index in [1.807, 2.05) is 0 Å². The summed E-state index contributed by atoms with van der Waals surface area (Å²) in [4.78, 5) is 49.2. The van der Waals surface area contributed by atoms with Gasteiger partial charge in [0.2, 0.25) is 5.75 Å². The lowest BCUT2D eigenvalue weighted by Crippen LogP contribution is -2.32. The number of anilines is 2. The first-order chi connectivity index (χ1) is 16.3. The van der Waals surface area contributed by atoms with Gasteiger partial charge in [0, 0.05) is 15.3 Å². The van der Waals surface area contributed by atoms with Crippen LogP contribution in [0.1, 0.15) is 10.4 Å². The standard InChI is InChI=1S/C23H13ClIN3O6/c24-19-20(22(30)27(21(19)29)16-11-7-14(25)8-12-16)26-15-9-5-13(6-10-15)23(31)34-18-4-2-1-3-17(18)28(32)33/h1-12,26H. The van der Waals surface area contributed by atoms with E-state index in [1.54, 1.807) is 24.3 Å². The Balaban J connectivity index is 1.49. The second kappa shape index (κ2) is 9.61. The molecule has 4 rings (SSSR count). The Kier molecular flexibility index (Phi) is 6.61. The number of nitro benzene ring substituents is 1. The zero-order valence-electron chi connectivity index (χ0n) is 17.0. The highest BCUT2D eigenvalue weighted by molar-refractivity contribution is 14.1. The van der Waals surface area contributed by atoms with E-state index in [2.05, 4.69) is 27.9 Å². The minimum absolute atomic E-state index is 0.0968. The molecule has 0 radical (unpaired) electrons. The van der Waals surface area contributed by atoms with Crippen molar-refractivity contribution in [3.63, 3.8) is 0 Å². The minimum atomic E-state index is -0.796. The maximum Gasteiger partial charge on any atom is 0.343 e. The fourth-order valence-corrected chi connectivity index (χ4v) is 3.70. The number of amides is 2.